The molecule has 0 fully saturated rings. The highest BCUT2D eigenvalue weighted by atomic mass is 19.4. The lowest BCUT2D eigenvalue weighted by molar-refractivity contribution is -0.137. The molecule has 3 nitrogen and oxygen atoms in total. The molecule has 0 spiro atoms. The van der Waals surface area contributed by atoms with Crippen LogP contribution in [0, 0.1) is 6.92 Å². The summed E-state index contributed by atoms with van der Waals surface area (Å²) in [5.41, 5.74) is 4.96. The van der Waals surface area contributed by atoms with E-state index in [1.165, 1.54) is 11.6 Å². The van der Waals surface area contributed by atoms with Crippen molar-refractivity contribution in [3.8, 4) is 11.3 Å². The summed E-state index contributed by atoms with van der Waals surface area (Å²) in [4.78, 5) is 0. The maximum absolute atomic E-state index is 12.8. The molecule has 3 aromatic rings. The van der Waals surface area contributed by atoms with Crippen molar-refractivity contribution in [2.45, 2.75) is 19.5 Å². The van der Waals surface area contributed by atoms with Crippen molar-refractivity contribution < 1.29 is 13.2 Å². The SMILES string of the molecule is Cc1ccc2c(c1)-c1n[nH]c(Nc3cccc(C(F)(F)F)c3)c1C2. The van der Waals surface area contributed by atoms with Crippen molar-refractivity contribution in [1.82, 2.24) is 10.2 Å². The number of aryl methyl sites for hydroxylation is 1. The highest BCUT2D eigenvalue weighted by molar-refractivity contribution is 5.80. The summed E-state index contributed by atoms with van der Waals surface area (Å²) in [5, 5.41) is 10.3. The van der Waals surface area contributed by atoms with Gasteiger partial charge in [-0.2, -0.15) is 18.3 Å². The topological polar surface area (TPSA) is 40.7 Å². The van der Waals surface area contributed by atoms with E-state index in [1.54, 1.807) is 6.07 Å². The molecule has 0 saturated carbocycles. The Kier molecular flexibility index (Phi) is 3.16. The van der Waals surface area contributed by atoms with Gasteiger partial charge in [-0.3, -0.25) is 5.10 Å². The standard InChI is InChI=1S/C18H14F3N3/c1-10-5-6-11-8-15-16(14(11)7-10)23-24-17(15)22-13-4-2-3-12(9-13)18(19,20)21/h2-7,9H,8H2,1H3,(H2,22,23,24). The van der Waals surface area contributed by atoms with Crippen LogP contribution in [0.1, 0.15) is 22.3 Å². The quantitative estimate of drug-likeness (QED) is 0.540. The van der Waals surface area contributed by atoms with Crippen LogP contribution < -0.4 is 5.32 Å². The fourth-order valence-corrected chi connectivity index (χ4v) is 3.04. The summed E-state index contributed by atoms with van der Waals surface area (Å²) in [6, 6.07) is 11.3. The third-order valence-corrected chi connectivity index (χ3v) is 4.21. The molecule has 1 heterocycles. The fraction of sp³-hybridized carbons (Fsp3) is 0.167. The first-order valence-corrected chi connectivity index (χ1v) is 7.53. The number of H-pyrrole nitrogens is 1. The monoisotopic (exact) mass is 329 g/mol. The zero-order valence-electron chi connectivity index (χ0n) is 12.8. The number of aromatic nitrogens is 2. The van der Waals surface area contributed by atoms with Crippen LogP contribution in [0.2, 0.25) is 0 Å². The summed E-state index contributed by atoms with van der Waals surface area (Å²) < 4.78 is 38.5. The Labute approximate surface area is 136 Å². The summed E-state index contributed by atoms with van der Waals surface area (Å²) in [7, 11) is 0. The van der Waals surface area contributed by atoms with Crippen LogP contribution in [0.3, 0.4) is 0 Å². The van der Waals surface area contributed by atoms with Crippen LogP contribution >= 0.6 is 0 Å². The Morgan fingerprint density at radius 3 is 2.75 bits per heavy atom. The van der Waals surface area contributed by atoms with Gasteiger partial charge in [0, 0.05) is 23.2 Å². The van der Waals surface area contributed by atoms with E-state index in [9.17, 15) is 13.2 Å². The Morgan fingerprint density at radius 2 is 1.96 bits per heavy atom. The molecule has 4 rings (SSSR count). The number of hydrogen-bond acceptors (Lipinski definition) is 2. The average Bonchev–Trinajstić information content (AvgIpc) is 3.07. The predicted molar refractivity (Wildman–Crippen MR) is 86.3 cm³/mol. The largest absolute Gasteiger partial charge is 0.416 e. The van der Waals surface area contributed by atoms with Crippen LogP contribution in [0.25, 0.3) is 11.3 Å². The Morgan fingerprint density at radius 1 is 1.12 bits per heavy atom. The Hall–Kier alpha value is -2.76. The number of anilines is 2. The van der Waals surface area contributed by atoms with Crippen LogP contribution in [0.15, 0.2) is 42.5 Å². The van der Waals surface area contributed by atoms with Crippen molar-refractivity contribution in [2.75, 3.05) is 5.32 Å². The highest BCUT2D eigenvalue weighted by Gasteiger charge is 2.30. The van der Waals surface area contributed by atoms with Crippen molar-refractivity contribution in [1.29, 1.82) is 0 Å². The minimum atomic E-state index is -4.36. The third-order valence-electron chi connectivity index (χ3n) is 4.21. The summed E-state index contributed by atoms with van der Waals surface area (Å²) in [6.45, 7) is 2.02. The number of fused-ring (bicyclic) bond motifs is 3. The van der Waals surface area contributed by atoms with Crippen molar-refractivity contribution >= 4 is 11.5 Å². The number of halogens is 3. The molecule has 1 aromatic heterocycles. The van der Waals surface area contributed by atoms with E-state index >= 15 is 0 Å². The second-order valence-corrected chi connectivity index (χ2v) is 5.97. The molecule has 0 atom stereocenters. The lowest BCUT2D eigenvalue weighted by Gasteiger charge is -2.10. The number of nitrogens with one attached hydrogen (secondary N) is 2. The molecule has 0 unspecified atom stereocenters. The van der Waals surface area contributed by atoms with Crippen molar-refractivity contribution in [3.63, 3.8) is 0 Å². The van der Waals surface area contributed by atoms with E-state index in [2.05, 4.69) is 27.6 Å². The Bertz CT molecular complexity index is 925. The molecule has 6 heteroatoms. The first kappa shape index (κ1) is 14.8. The van der Waals surface area contributed by atoms with Gasteiger partial charge in [0.15, 0.2) is 0 Å². The van der Waals surface area contributed by atoms with Gasteiger partial charge in [-0.15, -0.1) is 0 Å². The molecule has 1 aliphatic carbocycles. The molecule has 0 bridgehead atoms. The van der Waals surface area contributed by atoms with Crippen LogP contribution in [0.5, 0.6) is 0 Å². The van der Waals surface area contributed by atoms with Crippen molar-refractivity contribution in [3.05, 3.63) is 64.7 Å². The first-order chi connectivity index (χ1) is 11.4. The molecule has 24 heavy (non-hydrogen) atoms. The third kappa shape index (κ3) is 2.44. The number of aromatic amines is 1. The molecule has 122 valence electrons. The minimum Gasteiger partial charge on any atom is -0.340 e. The lowest BCUT2D eigenvalue weighted by Crippen LogP contribution is -2.05. The molecule has 0 aliphatic heterocycles. The molecular weight excluding hydrogens is 315 g/mol. The normalized spacial score (nSPS) is 12.8. The van der Waals surface area contributed by atoms with Crippen molar-refractivity contribution in [2.24, 2.45) is 0 Å². The second-order valence-electron chi connectivity index (χ2n) is 5.97. The Balaban J connectivity index is 1.67. The molecule has 0 radical (unpaired) electrons. The van der Waals surface area contributed by atoms with E-state index in [0.29, 0.717) is 17.9 Å². The zero-order valence-corrected chi connectivity index (χ0v) is 12.8. The van der Waals surface area contributed by atoms with Gasteiger partial charge >= 0.3 is 6.18 Å². The molecule has 1 aliphatic rings. The number of benzene rings is 2. The van der Waals surface area contributed by atoms with E-state index in [-0.39, 0.29) is 0 Å². The van der Waals surface area contributed by atoms with E-state index in [1.807, 2.05) is 13.0 Å². The maximum Gasteiger partial charge on any atom is 0.416 e. The number of rotatable bonds is 2. The first-order valence-electron chi connectivity index (χ1n) is 7.53. The summed E-state index contributed by atoms with van der Waals surface area (Å²) in [5.74, 6) is 0.637. The van der Waals surface area contributed by atoms with Gasteiger partial charge in [0.05, 0.1) is 11.3 Å². The van der Waals surface area contributed by atoms with Gasteiger partial charge in [0.1, 0.15) is 5.82 Å². The summed E-state index contributed by atoms with van der Waals surface area (Å²) in [6.07, 6.45) is -3.65. The summed E-state index contributed by atoms with van der Waals surface area (Å²) >= 11 is 0. The average molecular weight is 329 g/mol. The van der Waals surface area contributed by atoms with Crippen LogP contribution in [-0.2, 0) is 12.6 Å². The van der Waals surface area contributed by atoms with Gasteiger partial charge < -0.3 is 5.32 Å². The smallest absolute Gasteiger partial charge is 0.340 e. The number of hydrogen-bond donors (Lipinski definition) is 2. The zero-order chi connectivity index (χ0) is 16.9. The number of nitrogens with zero attached hydrogens (tertiary/aromatic N) is 1. The molecule has 2 N–H and O–H groups in total. The molecule has 0 saturated heterocycles. The van der Waals surface area contributed by atoms with E-state index in [4.69, 9.17) is 0 Å². The molecular formula is C18H14F3N3. The fourth-order valence-electron chi connectivity index (χ4n) is 3.04. The lowest BCUT2D eigenvalue weighted by atomic mass is 10.1. The van der Waals surface area contributed by atoms with Gasteiger partial charge in [-0.05, 0) is 36.8 Å². The van der Waals surface area contributed by atoms with Crippen LogP contribution in [0.4, 0.5) is 24.7 Å². The molecule has 0 amide bonds. The van der Waals surface area contributed by atoms with Gasteiger partial charge in [0.2, 0.25) is 0 Å². The predicted octanol–water partition coefficient (Wildman–Crippen LogP) is 5.05. The maximum atomic E-state index is 12.8. The number of alkyl halides is 3. The highest BCUT2D eigenvalue weighted by Crippen LogP contribution is 2.40. The van der Waals surface area contributed by atoms with Gasteiger partial charge in [-0.1, -0.05) is 23.8 Å². The minimum absolute atomic E-state index is 0.378. The molecule has 2 aromatic carbocycles. The van der Waals surface area contributed by atoms with Crippen LogP contribution in [-0.4, -0.2) is 10.2 Å². The van der Waals surface area contributed by atoms with Gasteiger partial charge in [0.25, 0.3) is 0 Å². The van der Waals surface area contributed by atoms with Gasteiger partial charge in [-0.25, -0.2) is 0 Å². The van der Waals surface area contributed by atoms with E-state index in [0.717, 1.165) is 34.5 Å². The van der Waals surface area contributed by atoms with E-state index < -0.39 is 11.7 Å². The second kappa shape index (κ2) is 5.12.